The van der Waals surface area contributed by atoms with Crippen molar-refractivity contribution in [2.75, 3.05) is 26.2 Å². The molecule has 9 atom stereocenters. The van der Waals surface area contributed by atoms with E-state index >= 15 is 0 Å². The third-order valence-corrected chi connectivity index (χ3v) is 14.8. The molecule has 0 saturated heterocycles. The van der Waals surface area contributed by atoms with Crippen LogP contribution >= 0.6 is 0 Å². The molecule has 4 fully saturated rings. The third kappa shape index (κ3) is 4.94. The van der Waals surface area contributed by atoms with Crippen molar-refractivity contribution in [3.05, 3.63) is 11.6 Å². The van der Waals surface area contributed by atoms with Crippen molar-refractivity contribution in [3.63, 3.8) is 0 Å². The van der Waals surface area contributed by atoms with Crippen LogP contribution in [-0.2, 0) is 23.9 Å². The van der Waals surface area contributed by atoms with E-state index in [4.69, 9.17) is 9.47 Å². The Balaban J connectivity index is 1.45. The van der Waals surface area contributed by atoms with Crippen LogP contribution in [0.2, 0.25) is 0 Å². The first-order valence-corrected chi connectivity index (χ1v) is 17.7. The standard InChI is InChI=1S/C38H61NO5/c1-11-39(12-2)21-22-43-32(42)35(7)18-17-34(6)19-20-37(9)26(27(34)24-35)23-28(41)31-36(8)15-14-30(44-25(3)40)33(4,5)29(36)13-16-38(31,37)10/h23,27,29-31H,11-22,24H2,1-10H3/t27-,29+,30+,31-,34-,35-,36-,37-,38+/m1/s1. The van der Waals surface area contributed by atoms with E-state index in [0.717, 1.165) is 77.4 Å². The topological polar surface area (TPSA) is 72.9 Å². The molecule has 0 heterocycles. The van der Waals surface area contributed by atoms with Crippen LogP contribution in [0.4, 0.5) is 0 Å². The quantitative estimate of drug-likeness (QED) is 0.274. The van der Waals surface area contributed by atoms with Crippen LogP contribution in [-0.4, -0.2) is 55.0 Å². The number of nitrogens with zero attached hydrogens (tertiary/aromatic N) is 1. The second-order valence-electron chi connectivity index (χ2n) is 17.4. The van der Waals surface area contributed by atoms with Crippen molar-refractivity contribution < 1.29 is 23.9 Å². The summed E-state index contributed by atoms with van der Waals surface area (Å²) in [7, 11) is 0. The van der Waals surface area contributed by atoms with Gasteiger partial charge in [0.05, 0.1) is 5.41 Å². The molecule has 5 aliphatic rings. The molecule has 0 bridgehead atoms. The first-order chi connectivity index (χ1) is 20.4. The van der Waals surface area contributed by atoms with Crippen molar-refractivity contribution in [2.24, 2.45) is 50.2 Å². The van der Waals surface area contributed by atoms with Gasteiger partial charge in [-0.15, -0.1) is 0 Å². The fourth-order valence-corrected chi connectivity index (χ4v) is 11.7. The maximum atomic E-state index is 14.6. The Morgan fingerprint density at radius 3 is 2.20 bits per heavy atom. The highest BCUT2D eigenvalue weighted by atomic mass is 16.5. The number of ketones is 1. The average Bonchev–Trinajstić information content (AvgIpc) is 2.94. The number of esters is 2. The Morgan fingerprint density at radius 2 is 1.57 bits per heavy atom. The first kappa shape index (κ1) is 33.7. The summed E-state index contributed by atoms with van der Waals surface area (Å²) < 4.78 is 11.8. The molecule has 6 nitrogen and oxygen atoms in total. The van der Waals surface area contributed by atoms with Gasteiger partial charge in [0.1, 0.15) is 12.7 Å². The zero-order valence-electron chi connectivity index (χ0n) is 29.6. The van der Waals surface area contributed by atoms with Gasteiger partial charge in [-0.3, -0.25) is 14.4 Å². The summed E-state index contributed by atoms with van der Waals surface area (Å²) in [5.41, 5.74) is 0.317. The molecule has 5 aliphatic carbocycles. The van der Waals surface area contributed by atoms with Gasteiger partial charge in [-0.25, -0.2) is 0 Å². The number of hydrogen-bond donors (Lipinski definition) is 0. The molecule has 4 saturated carbocycles. The molecule has 0 aromatic rings. The van der Waals surface area contributed by atoms with Crippen molar-refractivity contribution in [1.82, 2.24) is 4.90 Å². The average molecular weight is 612 g/mol. The van der Waals surface area contributed by atoms with E-state index in [2.05, 4.69) is 73.3 Å². The van der Waals surface area contributed by atoms with Crippen LogP contribution in [0.1, 0.15) is 127 Å². The minimum absolute atomic E-state index is 0.0515. The molecule has 0 aromatic carbocycles. The number of fused-ring (bicyclic) bond motifs is 7. The number of carbonyl (C=O) groups is 3. The van der Waals surface area contributed by atoms with Crippen LogP contribution in [0.5, 0.6) is 0 Å². The number of rotatable bonds is 7. The van der Waals surface area contributed by atoms with Crippen molar-refractivity contribution in [2.45, 2.75) is 133 Å². The van der Waals surface area contributed by atoms with Gasteiger partial charge in [-0.2, -0.15) is 0 Å². The normalized spacial score (nSPS) is 44.4. The van der Waals surface area contributed by atoms with E-state index in [1.54, 1.807) is 0 Å². The number of allylic oxidation sites excluding steroid dienone is 2. The van der Waals surface area contributed by atoms with Gasteiger partial charge < -0.3 is 14.4 Å². The van der Waals surface area contributed by atoms with E-state index in [1.807, 2.05) is 0 Å². The number of likely N-dealkylation sites (N-methyl/N-ethyl adjacent to an activating group) is 1. The van der Waals surface area contributed by atoms with E-state index in [1.165, 1.54) is 12.5 Å². The smallest absolute Gasteiger partial charge is 0.311 e. The van der Waals surface area contributed by atoms with Crippen molar-refractivity contribution >= 4 is 17.7 Å². The van der Waals surface area contributed by atoms with Gasteiger partial charge >= 0.3 is 11.9 Å². The molecule has 0 spiro atoms. The van der Waals surface area contributed by atoms with Gasteiger partial charge in [0.2, 0.25) is 0 Å². The Hall–Kier alpha value is -1.69. The summed E-state index contributed by atoms with van der Waals surface area (Å²) in [4.78, 5) is 42.6. The lowest BCUT2D eigenvalue weighted by Gasteiger charge is -2.70. The summed E-state index contributed by atoms with van der Waals surface area (Å²) in [6, 6.07) is 0. The molecule has 44 heavy (non-hydrogen) atoms. The molecule has 0 aromatic heterocycles. The molecule has 0 N–H and O–H groups in total. The molecule has 248 valence electrons. The molecule has 5 rings (SSSR count). The van der Waals surface area contributed by atoms with Crippen LogP contribution in [0.25, 0.3) is 0 Å². The molecular formula is C38H61NO5. The van der Waals surface area contributed by atoms with Gasteiger partial charge in [-0.1, -0.05) is 61.0 Å². The summed E-state index contributed by atoms with van der Waals surface area (Å²) in [5.74, 6) is 0.492. The summed E-state index contributed by atoms with van der Waals surface area (Å²) in [6.45, 7) is 25.2. The first-order valence-electron chi connectivity index (χ1n) is 17.7. The maximum Gasteiger partial charge on any atom is 0.311 e. The molecule has 0 aliphatic heterocycles. The predicted molar refractivity (Wildman–Crippen MR) is 174 cm³/mol. The second kappa shape index (κ2) is 11.2. The Labute approximate surface area is 267 Å². The van der Waals surface area contributed by atoms with Crippen LogP contribution in [0.15, 0.2) is 11.6 Å². The minimum atomic E-state index is -0.532. The largest absolute Gasteiger partial charge is 0.464 e. The van der Waals surface area contributed by atoms with Crippen molar-refractivity contribution in [1.29, 1.82) is 0 Å². The number of ether oxygens (including phenoxy) is 2. The highest BCUT2D eigenvalue weighted by Crippen LogP contribution is 2.75. The molecular weight excluding hydrogens is 550 g/mol. The molecule has 0 radical (unpaired) electrons. The highest BCUT2D eigenvalue weighted by Gasteiger charge is 2.70. The van der Waals surface area contributed by atoms with Gasteiger partial charge in [0.25, 0.3) is 0 Å². The molecule has 0 unspecified atom stereocenters. The van der Waals surface area contributed by atoms with E-state index in [0.29, 0.717) is 18.3 Å². The van der Waals surface area contributed by atoms with E-state index < -0.39 is 5.41 Å². The second-order valence-corrected chi connectivity index (χ2v) is 17.4. The zero-order valence-corrected chi connectivity index (χ0v) is 29.6. The lowest BCUT2D eigenvalue weighted by atomic mass is 9.33. The Bertz CT molecular complexity index is 1200. The zero-order chi connectivity index (χ0) is 32.5. The fourth-order valence-electron chi connectivity index (χ4n) is 11.7. The van der Waals surface area contributed by atoms with Crippen molar-refractivity contribution in [3.8, 4) is 0 Å². The lowest BCUT2D eigenvalue weighted by Crippen LogP contribution is -2.66. The summed E-state index contributed by atoms with van der Waals surface area (Å²) in [5, 5.41) is 0. The highest BCUT2D eigenvalue weighted by molar-refractivity contribution is 5.95. The fraction of sp³-hybridized carbons (Fsp3) is 0.868. The van der Waals surface area contributed by atoms with E-state index in [9.17, 15) is 14.4 Å². The minimum Gasteiger partial charge on any atom is -0.464 e. The van der Waals surface area contributed by atoms with Gasteiger partial charge in [0.15, 0.2) is 5.78 Å². The Kier molecular flexibility index (Phi) is 8.59. The third-order valence-electron chi connectivity index (χ3n) is 14.8. The summed E-state index contributed by atoms with van der Waals surface area (Å²) >= 11 is 0. The van der Waals surface area contributed by atoms with Crippen LogP contribution < -0.4 is 0 Å². The molecule has 0 amide bonds. The maximum absolute atomic E-state index is 14.6. The predicted octanol–water partition coefficient (Wildman–Crippen LogP) is 7.78. The van der Waals surface area contributed by atoms with Crippen LogP contribution in [0, 0.1) is 50.2 Å². The Morgan fingerprint density at radius 1 is 0.909 bits per heavy atom. The number of hydrogen-bond acceptors (Lipinski definition) is 6. The monoisotopic (exact) mass is 611 g/mol. The van der Waals surface area contributed by atoms with Gasteiger partial charge in [-0.05, 0) is 117 Å². The SMILES string of the molecule is CCN(CC)CCOC(=O)[C@]1(C)CC[C@]2(C)CC[C@]3(C)C(=CC(=O)[C@@H]4[C@]5(C)CC[C@H](OC(C)=O)C(C)(C)[C@@H]5CC[C@@]43C)[C@H]2C1. The lowest BCUT2D eigenvalue weighted by molar-refractivity contribution is -0.210. The van der Waals surface area contributed by atoms with Gasteiger partial charge in [0, 0.05) is 24.8 Å². The van der Waals surface area contributed by atoms with E-state index in [-0.39, 0.29) is 57.0 Å². The van der Waals surface area contributed by atoms with Crippen LogP contribution in [0.3, 0.4) is 0 Å². The summed E-state index contributed by atoms with van der Waals surface area (Å²) in [6.07, 6.45) is 10.6. The number of carbonyl (C=O) groups excluding carboxylic acids is 3. The molecule has 6 heteroatoms.